The van der Waals surface area contributed by atoms with E-state index in [1.807, 2.05) is 0 Å². The Morgan fingerprint density at radius 2 is 2.41 bits per heavy atom. The van der Waals surface area contributed by atoms with Crippen LogP contribution in [0.25, 0.3) is 0 Å². The lowest BCUT2D eigenvalue weighted by atomic mass is 9.94. The van der Waals surface area contributed by atoms with E-state index in [1.165, 1.54) is 5.56 Å². The molecular weight excluding hydrogens is 232 g/mol. The van der Waals surface area contributed by atoms with Crippen molar-refractivity contribution >= 4 is 11.3 Å². The molecule has 96 valence electrons. The highest BCUT2D eigenvalue weighted by Gasteiger charge is 2.26. The van der Waals surface area contributed by atoms with Gasteiger partial charge in [-0.05, 0) is 42.9 Å². The number of nitrogens with zero attached hydrogens (tertiary/aromatic N) is 2. The van der Waals surface area contributed by atoms with Crippen molar-refractivity contribution in [2.75, 3.05) is 33.7 Å². The number of hydrogen-bond donors (Lipinski definition) is 1. The molecule has 1 aliphatic rings. The van der Waals surface area contributed by atoms with E-state index in [1.54, 1.807) is 11.3 Å². The summed E-state index contributed by atoms with van der Waals surface area (Å²) in [5, 5.41) is 14.3. The molecule has 0 aliphatic carbocycles. The Morgan fingerprint density at radius 3 is 3.12 bits per heavy atom. The zero-order chi connectivity index (χ0) is 12.3. The van der Waals surface area contributed by atoms with Crippen LogP contribution in [0.15, 0.2) is 16.8 Å². The fraction of sp³-hybridized carbons (Fsp3) is 0.692. The quantitative estimate of drug-likeness (QED) is 0.882. The third-order valence-electron chi connectivity index (χ3n) is 3.48. The maximum absolute atomic E-state index is 10.0. The molecule has 1 aliphatic heterocycles. The van der Waals surface area contributed by atoms with Crippen molar-refractivity contribution in [3.05, 3.63) is 22.4 Å². The smallest absolute Gasteiger partial charge is 0.0605 e. The fourth-order valence-corrected chi connectivity index (χ4v) is 3.20. The maximum Gasteiger partial charge on any atom is 0.0605 e. The Balaban J connectivity index is 1.82. The Hall–Kier alpha value is -0.420. The van der Waals surface area contributed by atoms with Crippen LogP contribution in [0.1, 0.15) is 12.0 Å². The van der Waals surface area contributed by atoms with Crippen LogP contribution in [0.2, 0.25) is 0 Å². The minimum absolute atomic E-state index is 0.129. The first-order valence-electron chi connectivity index (χ1n) is 6.21. The predicted molar refractivity (Wildman–Crippen MR) is 72.3 cm³/mol. The normalized spacial score (nSPS) is 26.6. The van der Waals surface area contributed by atoms with Crippen LogP contribution in [0.4, 0.5) is 0 Å². The second kappa shape index (κ2) is 5.96. The third-order valence-corrected chi connectivity index (χ3v) is 4.21. The fourth-order valence-electron chi connectivity index (χ4n) is 2.54. The highest BCUT2D eigenvalue weighted by Crippen LogP contribution is 2.18. The molecule has 0 radical (unpaired) electrons. The molecule has 0 unspecified atom stereocenters. The molecule has 0 saturated carbocycles. The lowest BCUT2D eigenvalue weighted by Gasteiger charge is -2.36. The summed E-state index contributed by atoms with van der Waals surface area (Å²) in [5.74, 6) is 0.386. The maximum atomic E-state index is 10.0. The number of rotatable bonds is 4. The van der Waals surface area contributed by atoms with Crippen molar-refractivity contribution in [1.29, 1.82) is 0 Å². The van der Waals surface area contributed by atoms with E-state index in [0.717, 1.165) is 32.6 Å². The molecular formula is C13H22N2OS. The second-order valence-electron chi connectivity index (χ2n) is 5.21. The Morgan fingerprint density at radius 1 is 1.59 bits per heavy atom. The van der Waals surface area contributed by atoms with Gasteiger partial charge in [0.15, 0.2) is 0 Å². The van der Waals surface area contributed by atoms with E-state index in [4.69, 9.17) is 0 Å². The van der Waals surface area contributed by atoms with Gasteiger partial charge in [-0.2, -0.15) is 11.3 Å². The van der Waals surface area contributed by atoms with Crippen LogP contribution in [0.3, 0.4) is 0 Å². The number of likely N-dealkylation sites (tertiary alicyclic amines) is 1. The Kier molecular flexibility index (Phi) is 4.56. The molecule has 2 heterocycles. The third kappa shape index (κ3) is 3.78. The van der Waals surface area contributed by atoms with E-state index < -0.39 is 0 Å². The zero-order valence-corrected chi connectivity index (χ0v) is 11.5. The summed E-state index contributed by atoms with van der Waals surface area (Å²) in [5.41, 5.74) is 1.37. The van der Waals surface area contributed by atoms with Crippen LogP contribution in [0.5, 0.6) is 0 Å². The first-order chi connectivity index (χ1) is 8.15. The minimum atomic E-state index is -0.129. The number of aliphatic hydroxyl groups is 1. The molecule has 1 saturated heterocycles. The van der Waals surface area contributed by atoms with E-state index in [9.17, 15) is 5.11 Å². The highest BCUT2D eigenvalue weighted by atomic mass is 32.1. The molecule has 0 bridgehead atoms. The van der Waals surface area contributed by atoms with E-state index in [2.05, 4.69) is 40.7 Å². The van der Waals surface area contributed by atoms with Gasteiger partial charge in [0.05, 0.1) is 6.10 Å². The average Bonchev–Trinajstić information content (AvgIpc) is 2.76. The molecule has 3 nitrogen and oxygen atoms in total. The van der Waals surface area contributed by atoms with Crippen molar-refractivity contribution in [2.45, 2.75) is 19.1 Å². The summed E-state index contributed by atoms with van der Waals surface area (Å²) in [4.78, 5) is 4.63. The Bertz CT molecular complexity index is 328. The van der Waals surface area contributed by atoms with Crippen LogP contribution in [-0.2, 0) is 6.54 Å². The van der Waals surface area contributed by atoms with Gasteiger partial charge in [0.25, 0.3) is 0 Å². The molecule has 4 heteroatoms. The summed E-state index contributed by atoms with van der Waals surface area (Å²) in [6.45, 7) is 3.98. The van der Waals surface area contributed by atoms with Gasteiger partial charge in [-0.15, -0.1) is 0 Å². The average molecular weight is 254 g/mol. The monoisotopic (exact) mass is 254 g/mol. The van der Waals surface area contributed by atoms with Crippen LogP contribution >= 0.6 is 11.3 Å². The molecule has 2 atom stereocenters. The van der Waals surface area contributed by atoms with E-state index in [0.29, 0.717) is 5.92 Å². The van der Waals surface area contributed by atoms with Crippen molar-refractivity contribution < 1.29 is 5.11 Å². The topological polar surface area (TPSA) is 26.7 Å². The zero-order valence-electron chi connectivity index (χ0n) is 10.7. The molecule has 0 aromatic carbocycles. The highest BCUT2D eigenvalue weighted by molar-refractivity contribution is 7.07. The summed E-state index contributed by atoms with van der Waals surface area (Å²) < 4.78 is 0. The second-order valence-corrected chi connectivity index (χ2v) is 5.99. The van der Waals surface area contributed by atoms with Crippen LogP contribution in [-0.4, -0.2) is 54.7 Å². The number of thiophene rings is 1. The van der Waals surface area contributed by atoms with E-state index >= 15 is 0 Å². The molecule has 0 amide bonds. The molecule has 1 fully saturated rings. The standard InChI is InChI=1S/C13H22N2OS/c1-14-5-3-13(16)12(8-14)9-15(2)7-11-4-6-17-10-11/h4,6,10,12-13,16H,3,5,7-9H2,1-2H3/t12-,13+/m0/s1. The summed E-state index contributed by atoms with van der Waals surface area (Å²) >= 11 is 1.74. The van der Waals surface area contributed by atoms with Gasteiger partial charge in [0, 0.05) is 32.1 Å². The molecule has 2 rings (SSSR count). The summed E-state index contributed by atoms with van der Waals surface area (Å²) in [6.07, 6.45) is 0.782. The SMILES string of the molecule is CN1CC[C@@H](O)[C@H](CN(C)Cc2ccsc2)C1. The number of piperidine rings is 1. The van der Waals surface area contributed by atoms with Gasteiger partial charge in [-0.3, -0.25) is 0 Å². The number of hydrogen-bond acceptors (Lipinski definition) is 4. The molecule has 1 aromatic rings. The van der Waals surface area contributed by atoms with E-state index in [-0.39, 0.29) is 6.10 Å². The molecule has 17 heavy (non-hydrogen) atoms. The van der Waals surface area contributed by atoms with Crippen molar-refractivity contribution in [3.63, 3.8) is 0 Å². The van der Waals surface area contributed by atoms with Crippen LogP contribution in [0, 0.1) is 5.92 Å². The predicted octanol–water partition coefficient (Wildman–Crippen LogP) is 1.49. The molecule has 1 N–H and O–H groups in total. The first kappa shape index (κ1) is 13.0. The molecule has 0 spiro atoms. The van der Waals surface area contributed by atoms with Crippen molar-refractivity contribution in [1.82, 2.24) is 9.80 Å². The number of aliphatic hydroxyl groups excluding tert-OH is 1. The Labute approximate surface area is 108 Å². The summed E-state index contributed by atoms with van der Waals surface area (Å²) in [6, 6.07) is 2.17. The van der Waals surface area contributed by atoms with Gasteiger partial charge in [0.2, 0.25) is 0 Å². The van der Waals surface area contributed by atoms with Crippen molar-refractivity contribution in [2.24, 2.45) is 5.92 Å². The van der Waals surface area contributed by atoms with Gasteiger partial charge in [0.1, 0.15) is 0 Å². The largest absolute Gasteiger partial charge is 0.393 e. The lowest BCUT2D eigenvalue weighted by Crippen LogP contribution is -2.45. The van der Waals surface area contributed by atoms with Crippen molar-refractivity contribution in [3.8, 4) is 0 Å². The van der Waals surface area contributed by atoms with Gasteiger partial charge >= 0.3 is 0 Å². The van der Waals surface area contributed by atoms with Gasteiger partial charge < -0.3 is 14.9 Å². The molecule has 1 aromatic heterocycles. The van der Waals surface area contributed by atoms with Gasteiger partial charge in [-0.1, -0.05) is 0 Å². The first-order valence-corrected chi connectivity index (χ1v) is 7.15. The summed E-state index contributed by atoms with van der Waals surface area (Å²) in [7, 11) is 4.27. The lowest BCUT2D eigenvalue weighted by molar-refractivity contribution is 0.0206. The minimum Gasteiger partial charge on any atom is -0.393 e. The van der Waals surface area contributed by atoms with Crippen LogP contribution < -0.4 is 0 Å². The van der Waals surface area contributed by atoms with Gasteiger partial charge in [-0.25, -0.2) is 0 Å².